The van der Waals surface area contributed by atoms with E-state index in [0.717, 1.165) is 42.5 Å². The number of hydrogen-bond donors (Lipinski definition) is 2. The first-order valence-electron chi connectivity index (χ1n) is 7.23. The van der Waals surface area contributed by atoms with Crippen LogP contribution in [0.15, 0.2) is 0 Å². The minimum Gasteiger partial charge on any atom is -0.354 e. The van der Waals surface area contributed by atoms with E-state index in [1.807, 2.05) is 6.92 Å². The van der Waals surface area contributed by atoms with Gasteiger partial charge in [-0.15, -0.1) is 0 Å². The van der Waals surface area contributed by atoms with Crippen LogP contribution in [0.4, 0.5) is 11.6 Å². The third-order valence-electron chi connectivity index (χ3n) is 4.15. The molecule has 1 aromatic heterocycles. The van der Waals surface area contributed by atoms with Crippen LogP contribution in [0.1, 0.15) is 25.2 Å². The fourth-order valence-corrected chi connectivity index (χ4v) is 2.95. The quantitative estimate of drug-likeness (QED) is 0.633. The molecule has 2 rings (SSSR count). The van der Waals surface area contributed by atoms with Gasteiger partial charge < -0.3 is 15.2 Å². The molecule has 0 bridgehead atoms. The number of likely N-dealkylation sites (N-methyl/N-ethyl adjacent to an activating group) is 1. The third-order valence-corrected chi connectivity index (χ3v) is 4.15. The van der Waals surface area contributed by atoms with Gasteiger partial charge in [0.2, 0.25) is 0 Å². The van der Waals surface area contributed by atoms with Crippen molar-refractivity contribution in [3.8, 4) is 0 Å². The highest BCUT2D eigenvalue weighted by molar-refractivity contribution is 5.59. The predicted molar refractivity (Wildman–Crippen MR) is 82.8 cm³/mol. The molecule has 1 aliphatic heterocycles. The Labute approximate surface area is 121 Å². The van der Waals surface area contributed by atoms with Gasteiger partial charge in [0.05, 0.1) is 0 Å². The Balaban J connectivity index is 2.33. The molecule has 6 heteroatoms. The van der Waals surface area contributed by atoms with Gasteiger partial charge in [0.25, 0.3) is 0 Å². The lowest BCUT2D eigenvalue weighted by Crippen LogP contribution is -2.34. The molecule has 112 valence electrons. The summed E-state index contributed by atoms with van der Waals surface area (Å²) in [5.41, 5.74) is 3.72. The van der Waals surface area contributed by atoms with E-state index < -0.39 is 0 Å². The maximum absolute atomic E-state index is 5.58. The van der Waals surface area contributed by atoms with E-state index in [1.165, 1.54) is 0 Å². The monoisotopic (exact) mass is 278 g/mol. The summed E-state index contributed by atoms with van der Waals surface area (Å²) in [4.78, 5) is 13.8. The zero-order valence-corrected chi connectivity index (χ0v) is 13.1. The standard InChI is InChI=1S/C14H26N6/c1-6-12-16-13(18-15)10(3)14(17-12)20-7-9(2)11(8-20)19(4)5/h9,11H,6-8,15H2,1-5H3,(H,16,17,18). The van der Waals surface area contributed by atoms with Crippen LogP contribution in [0, 0.1) is 12.8 Å². The summed E-state index contributed by atoms with van der Waals surface area (Å²) in [6.45, 7) is 8.40. The van der Waals surface area contributed by atoms with Crippen LogP contribution in [0.25, 0.3) is 0 Å². The average molecular weight is 278 g/mol. The number of aromatic nitrogens is 2. The number of hydrazine groups is 1. The molecule has 0 amide bonds. The van der Waals surface area contributed by atoms with Crippen LogP contribution in [0.3, 0.4) is 0 Å². The number of hydrogen-bond acceptors (Lipinski definition) is 6. The summed E-state index contributed by atoms with van der Waals surface area (Å²) in [5, 5.41) is 0. The first kappa shape index (κ1) is 15.0. The maximum atomic E-state index is 5.58. The minimum absolute atomic E-state index is 0.559. The van der Waals surface area contributed by atoms with Crippen LogP contribution in [0.5, 0.6) is 0 Å². The Kier molecular flexibility index (Phi) is 4.45. The van der Waals surface area contributed by atoms with Crippen molar-refractivity contribution in [2.24, 2.45) is 11.8 Å². The smallest absolute Gasteiger partial charge is 0.148 e. The molecule has 1 aromatic rings. The van der Waals surface area contributed by atoms with Crippen molar-refractivity contribution < 1.29 is 0 Å². The molecule has 0 radical (unpaired) electrons. The van der Waals surface area contributed by atoms with Gasteiger partial charge in [-0.2, -0.15) is 0 Å². The molecule has 6 nitrogen and oxygen atoms in total. The van der Waals surface area contributed by atoms with Gasteiger partial charge in [-0.1, -0.05) is 13.8 Å². The Morgan fingerprint density at radius 1 is 1.35 bits per heavy atom. The lowest BCUT2D eigenvalue weighted by molar-refractivity contribution is 0.266. The zero-order chi connectivity index (χ0) is 14.9. The number of rotatable bonds is 4. The van der Waals surface area contributed by atoms with Gasteiger partial charge in [0, 0.05) is 31.1 Å². The normalized spacial score (nSPS) is 22.6. The van der Waals surface area contributed by atoms with E-state index in [1.54, 1.807) is 0 Å². The lowest BCUT2D eigenvalue weighted by Gasteiger charge is -2.24. The highest BCUT2D eigenvalue weighted by Gasteiger charge is 2.32. The van der Waals surface area contributed by atoms with Crippen molar-refractivity contribution in [1.82, 2.24) is 14.9 Å². The fourth-order valence-electron chi connectivity index (χ4n) is 2.95. The molecule has 1 fully saturated rings. The molecule has 0 spiro atoms. The zero-order valence-electron chi connectivity index (χ0n) is 13.1. The summed E-state index contributed by atoms with van der Waals surface area (Å²) in [7, 11) is 4.28. The molecular formula is C14H26N6. The Morgan fingerprint density at radius 2 is 2.05 bits per heavy atom. The van der Waals surface area contributed by atoms with Gasteiger partial charge in [-0.05, 0) is 26.9 Å². The summed E-state index contributed by atoms with van der Waals surface area (Å²) < 4.78 is 0. The van der Waals surface area contributed by atoms with Crippen molar-refractivity contribution >= 4 is 11.6 Å². The number of aryl methyl sites for hydroxylation is 1. The lowest BCUT2D eigenvalue weighted by atomic mass is 10.1. The van der Waals surface area contributed by atoms with E-state index in [-0.39, 0.29) is 0 Å². The van der Waals surface area contributed by atoms with Gasteiger partial charge >= 0.3 is 0 Å². The van der Waals surface area contributed by atoms with E-state index in [9.17, 15) is 0 Å². The number of nitrogens with one attached hydrogen (secondary N) is 1. The van der Waals surface area contributed by atoms with Crippen molar-refractivity contribution in [1.29, 1.82) is 0 Å². The number of nitrogens with two attached hydrogens (primary N) is 1. The Bertz CT molecular complexity index is 473. The largest absolute Gasteiger partial charge is 0.354 e. The van der Waals surface area contributed by atoms with Crippen LogP contribution >= 0.6 is 0 Å². The fraction of sp³-hybridized carbons (Fsp3) is 0.714. The number of anilines is 2. The first-order valence-corrected chi connectivity index (χ1v) is 7.23. The van der Waals surface area contributed by atoms with Gasteiger partial charge in [0.1, 0.15) is 17.5 Å². The topological polar surface area (TPSA) is 70.3 Å². The Hall–Kier alpha value is -1.40. The molecule has 2 unspecified atom stereocenters. The summed E-state index contributed by atoms with van der Waals surface area (Å²) in [6.07, 6.45) is 0.808. The summed E-state index contributed by atoms with van der Waals surface area (Å²) in [6, 6.07) is 0.559. The van der Waals surface area contributed by atoms with E-state index >= 15 is 0 Å². The minimum atomic E-state index is 0.559. The second kappa shape index (κ2) is 5.93. The first-order chi connectivity index (χ1) is 9.47. The molecule has 1 aliphatic rings. The van der Waals surface area contributed by atoms with E-state index in [2.05, 4.69) is 48.2 Å². The second-order valence-corrected chi connectivity index (χ2v) is 5.85. The molecule has 2 heterocycles. The third kappa shape index (κ3) is 2.71. The van der Waals surface area contributed by atoms with Crippen LogP contribution in [-0.4, -0.2) is 48.1 Å². The van der Waals surface area contributed by atoms with Crippen molar-refractivity contribution in [3.63, 3.8) is 0 Å². The van der Waals surface area contributed by atoms with Crippen LogP contribution in [-0.2, 0) is 6.42 Å². The van der Waals surface area contributed by atoms with Crippen LogP contribution < -0.4 is 16.2 Å². The van der Waals surface area contributed by atoms with Crippen molar-refractivity contribution in [2.75, 3.05) is 37.5 Å². The van der Waals surface area contributed by atoms with Gasteiger partial charge in [0.15, 0.2) is 0 Å². The SMILES string of the molecule is CCc1nc(NN)c(C)c(N2CC(C)C(N(C)C)C2)n1. The van der Waals surface area contributed by atoms with Crippen molar-refractivity contribution in [2.45, 2.75) is 33.2 Å². The van der Waals surface area contributed by atoms with E-state index in [0.29, 0.717) is 12.0 Å². The summed E-state index contributed by atoms with van der Waals surface area (Å²) >= 11 is 0. The molecule has 0 aliphatic carbocycles. The summed E-state index contributed by atoms with van der Waals surface area (Å²) in [5.74, 6) is 8.78. The van der Waals surface area contributed by atoms with Gasteiger partial charge in [-0.25, -0.2) is 15.8 Å². The van der Waals surface area contributed by atoms with Crippen LogP contribution in [0.2, 0.25) is 0 Å². The molecule has 1 saturated heterocycles. The number of nitrogen functional groups attached to an aromatic ring is 1. The molecule has 20 heavy (non-hydrogen) atoms. The Morgan fingerprint density at radius 3 is 2.55 bits per heavy atom. The average Bonchev–Trinajstić information content (AvgIpc) is 2.81. The van der Waals surface area contributed by atoms with Gasteiger partial charge in [-0.3, -0.25) is 0 Å². The molecule has 0 saturated carbocycles. The predicted octanol–water partition coefficient (Wildman–Crippen LogP) is 1.02. The molecule has 2 atom stereocenters. The molecular weight excluding hydrogens is 252 g/mol. The molecule has 0 aromatic carbocycles. The van der Waals surface area contributed by atoms with E-state index in [4.69, 9.17) is 10.8 Å². The molecule has 3 N–H and O–H groups in total. The maximum Gasteiger partial charge on any atom is 0.148 e. The number of nitrogens with zero attached hydrogens (tertiary/aromatic N) is 4. The van der Waals surface area contributed by atoms with Crippen molar-refractivity contribution in [3.05, 3.63) is 11.4 Å². The highest BCUT2D eigenvalue weighted by Crippen LogP contribution is 2.29. The highest BCUT2D eigenvalue weighted by atomic mass is 15.3. The second-order valence-electron chi connectivity index (χ2n) is 5.85.